The van der Waals surface area contributed by atoms with Crippen LogP contribution in [0.5, 0.6) is 0 Å². The number of aromatic nitrogens is 2. The van der Waals surface area contributed by atoms with Crippen LogP contribution >= 0.6 is 0 Å². The molecule has 10 heteroatoms. The fourth-order valence-electron chi connectivity index (χ4n) is 1.78. The van der Waals surface area contributed by atoms with E-state index in [4.69, 9.17) is 9.47 Å². The normalized spacial score (nSPS) is 10.3. The summed E-state index contributed by atoms with van der Waals surface area (Å²) in [7, 11) is 4.00. The van der Waals surface area contributed by atoms with Gasteiger partial charge in [0.25, 0.3) is 0 Å². The van der Waals surface area contributed by atoms with Crippen molar-refractivity contribution in [1.29, 1.82) is 0 Å². The quantitative estimate of drug-likeness (QED) is 0.396. The molecule has 1 amide bonds. The van der Waals surface area contributed by atoms with Crippen LogP contribution in [-0.2, 0) is 28.5 Å². The van der Waals surface area contributed by atoms with Crippen LogP contribution in [-0.4, -0.2) is 62.4 Å². The van der Waals surface area contributed by atoms with Crippen LogP contribution in [0.15, 0.2) is 12.4 Å². The molecule has 0 bridgehead atoms. The van der Waals surface area contributed by atoms with Crippen molar-refractivity contribution in [3.63, 3.8) is 0 Å². The molecule has 1 heterocycles. The smallest absolute Gasteiger partial charge is 0.411 e. The van der Waals surface area contributed by atoms with E-state index >= 15 is 0 Å². The summed E-state index contributed by atoms with van der Waals surface area (Å²) in [6.45, 7) is 0.400. The van der Waals surface area contributed by atoms with Crippen molar-refractivity contribution in [2.45, 2.75) is 18.9 Å². The number of rotatable bonds is 9. The van der Waals surface area contributed by atoms with Crippen molar-refractivity contribution in [1.82, 2.24) is 9.78 Å². The molecule has 0 spiro atoms. The van der Waals surface area contributed by atoms with Crippen molar-refractivity contribution in [2.75, 3.05) is 39.9 Å². The Balaban J connectivity index is 2.71. The van der Waals surface area contributed by atoms with Gasteiger partial charge in [-0.2, -0.15) is 5.10 Å². The fraction of sp³-hybridized carbons (Fsp3) is 0.571. The summed E-state index contributed by atoms with van der Waals surface area (Å²) in [5.74, 6) is -0.985. The summed E-state index contributed by atoms with van der Waals surface area (Å²) in [5.41, 5.74) is 0.358. The molecule has 1 N–H and O–H groups in total. The molecule has 1 rings (SSSR count). The van der Waals surface area contributed by atoms with Gasteiger partial charge >= 0.3 is 18.0 Å². The van der Waals surface area contributed by atoms with Crippen LogP contribution in [0.1, 0.15) is 18.9 Å². The molecule has 24 heavy (non-hydrogen) atoms. The number of hydrogen-bond acceptors (Lipinski definition) is 8. The second kappa shape index (κ2) is 10.2. The van der Waals surface area contributed by atoms with Crippen LogP contribution in [0.3, 0.4) is 0 Å². The summed E-state index contributed by atoms with van der Waals surface area (Å²) in [4.78, 5) is 34.5. The van der Waals surface area contributed by atoms with Gasteiger partial charge in [0.2, 0.25) is 0 Å². The zero-order valence-electron chi connectivity index (χ0n) is 13.8. The number of amides is 1. The molecule has 0 aliphatic rings. The van der Waals surface area contributed by atoms with Gasteiger partial charge in [0.1, 0.15) is 6.61 Å². The molecule has 0 unspecified atom stereocenters. The lowest BCUT2D eigenvalue weighted by Crippen LogP contribution is -2.19. The summed E-state index contributed by atoms with van der Waals surface area (Å²) in [5, 5.41) is 6.53. The number of nitrogens with zero attached hydrogens (tertiary/aromatic N) is 2. The average molecular weight is 343 g/mol. The highest BCUT2D eigenvalue weighted by Crippen LogP contribution is 2.19. The zero-order chi connectivity index (χ0) is 17.9. The van der Waals surface area contributed by atoms with E-state index in [2.05, 4.69) is 19.9 Å². The van der Waals surface area contributed by atoms with Crippen molar-refractivity contribution in [3.05, 3.63) is 12.4 Å². The third-order valence-electron chi connectivity index (χ3n) is 3.00. The summed E-state index contributed by atoms with van der Waals surface area (Å²) >= 11 is 0. The van der Waals surface area contributed by atoms with Gasteiger partial charge in [-0.05, 0) is 0 Å². The molecule has 134 valence electrons. The summed E-state index contributed by atoms with van der Waals surface area (Å²) in [6.07, 6.45) is 2.06. The van der Waals surface area contributed by atoms with Gasteiger partial charge < -0.3 is 18.9 Å². The minimum Gasteiger partial charge on any atom is -0.469 e. The molecule has 1 aromatic rings. The standard InChI is InChI=1S/C14H21N3O7/c1-21-4-5-24-14(20)16-10-8-15-17(9-10)11(6-12(18)22-2)7-13(19)23-3/h8-9,11H,4-7H2,1-3H3,(H,16,20). The predicted octanol–water partition coefficient (Wildman–Crippen LogP) is 0.745. The minimum absolute atomic E-state index is 0.0645. The maximum atomic E-state index is 11.5. The third kappa shape index (κ3) is 6.65. The lowest BCUT2D eigenvalue weighted by atomic mass is 10.1. The number of anilines is 1. The maximum absolute atomic E-state index is 11.5. The van der Waals surface area contributed by atoms with E-state index in [1.54, 1.807) is 0 Å². The number of methoxy groups -OCH3 is 3. The number of ether oxygens (including phenoxy) is 4. The Morgan fingerprint density at radius 3 is 2.29 bits per heavy atom. The number of nitrogens with one attached hydrogen (secondary N) is 1. The van der Waals surface area contributed by atoms with Gasteiger partial charge in [-0.25, -0.2) is 4.79 Å². The molecule has 0 atom stereocenters. The van der Waals surface area contributed by atoms with Crippen molar-refractivity contribution in [2.24, 2.45) is 0 Å². The Labute approximate surface area is 139 Å². The molecule has 0 aliphatic heterocycles. The SMILES string of the molecule is COCCOC(=O)Nc1cnn(C(CC(=O)OC)CC(=O)OC)c1. The fourth-order valence-corrected chi connectivity index (χ4v) is 1.78. The Kier molecular flexibility index (Phi) is 8.26. The Morgan fingerprint density at radius 2 is 1.75 bits per heavy atom. The van der Waals surface area contributed by atoms with E-state index in [1.807, 2.05) is 0 Å². The number of hydrogen-bond donors (Lipinski definition) is 1. The summed E-state index contributed by atoms with van der Waals surface area (Å²) < 4.78 is 20.2. The van der Waals surface area contributed by atoms with Gasteiger partial charge in [-0.3, -0.25) is 19.6 Å². The van der Waals surface area contributed by atoms with E-state index in [0.29, 0.717) is 5.69 Å². The predicted molar refractivity (Wildman–Crippen MR) is 81.4 cm³/mol. The van der Waals surface area contributed by atoms with Gasteiger partial charge in [-0.15, -0.1) is 0 Å². The third-order valence-corrected chi connectivity index (χ3v) is 3.00. The highest BCUT2D eigenvalue weighted by atomic mass is 16.6. The second-order valence-electron chi connectivity index (χ2n) is 4.68. The summed E-state index contributed by atoms with van der Waals surface area (Å²) in [6, 6.07) is -0.593. The Hall–Kier alpha value is -2.62. The highest BCUT2D eigenvalue weighted by Gasteiger charge is 2.21. The van der Waals surface area contributed by atoms with Crippen LogP contribution in [0.25, 0.3) is 0 Å². The van der Waals surface area contributed by atoms with E-state index in [0.717, 1.165) is 0 Å². The van der Waals surface area contributed by atoms with Crippen molar-refractivity contribution in [3.8, 4) is 0 Å². The first-order valence-electron chi connectivity index (χ1n) is 7.10. The molecule has 0 aromatic carbocycles. The molecule has 0 fully saturated rings. The van der Waals surface area contributed by atoms with Crippen molar-refractivity contribution >= 4 is 23.7 Å². The zero-order valence-corrected chi connectivity index (χ0v) is 13.8. The number of carbonyl (C=O) groups excluding carboxylic acids is 3. The van der Waals surface area contributed by atoms with E-state index in [1.165, 1.54) is 38.4 Å². The molecule has 0 radical (unpaired) electrons. The maximum Gasteiger partial charge on any atom is 0.411 e. The lowest BCUT2D eigenvalue weighted by molar-refractivity contribution is -0.144. The van der Waals surface area contributed by atoms with Crippen LogP contribution in [0, 0.1) is 0 Å². The Morgan fingerprint density at radius 1 is 1.12 bits per heavy atom. The van der Waals surface area contributed by atoms with E-state index < -0.39 is 24.1 Å². The van der Waals surface area contributed by atoms with Crippen LogP contribution < -0.4 is 5.32 Å². The van der Waals surface area contributed by atoms with Crippen LogP contribution in [0.2, 0.25) is 0 Å². The van der Waals surface area contributed by atoms with Gasteiger partial charge in [0, 0.05) is 13.3 Å². The van der Waals surface area contributed by atoms with E-state index in [-0.39, 0.29) is 26.1 Å². The van der Waals surface area contributed by atoms with Crippen molar-refractivity contribution < 1.29 is 33.3 Å². The Bertz CT molecular complexity index is 540. The first kappa shape index (κ1) is 19.4. The minimum atomic E-state index is -0.663. The van der Waals surface area contributed by atoms with Gasteiger partial charge in [0.15, 0.2) is 0 Å². The molecule has 0 aliphatic carbocycles. The molecule has 0 saturated carbocycles. The highest BCUT2D eigenvalue weighted by molar-refractivity contribution is 5.84. The molecular weight excluding hydrogens is 322 g/mol. The molecule has 1 aromatic heterocycles. The van der Waals surface area contributed by atoms with Gasteiger partial charge in [0.05, 0.1) is 51.6 Å². The number of carbonyl (C=O) groups is 3. The molecule has 0 saturated heterocycles. The monoisotopic (exact) mass is 343 g/mol. The first-order chi connectivity index (χ1) is 11.5. The molecule has 10 nitrogen and oxygen atoms in total. The second-order valence-corrected chi connectivity index (χ2v) is 4.68. The lowest BCUT2D eigenvalue weighted by Gasteiger charge is -2.15. The average Bonchev–Trinajstić information content (AvgIpc) is 3.02. The van der Waals surface area contributed by atoms with Gasteiger partial charge in [-0.1, -0.05) is 0 Å². The topological polar surface area (TPSA) is 118 Å². The largest absolute Gasteiger partial charge is 0.469 e. The molecular formula is C14H21N3O7. The van der Waals surface area contributed by atoms with E-state index in [9.17, 15) is 14.4 Å². The first-order valence-corrected chi connectivity index (χ1v) is 7.10. The number of esters is 2. The van der Waals surface area contributed by atoms with Crippen LogP contribution in [0.4, 0.5) is 10.5 Å².